The largest absolute Gasteiger partial charge is 0.513 e. The van der Waals surface area contributed by atoms with E-state index in [0.29, 0.717) is 11.1 Å². The number of fused-ring (bicyclic) bond motifs is 12. The number of nitrogens with zero attached hydrogens (tertiary/aromatic N) is 6. The molecule has 0 amide bonds. The van der Waals surface area contributed by atoms with Gasteiger partial charge in [-0.05, 0) is 196 Å². The fourth-order valence-electron chi connectivity index (χ4n) is 14.7. The van der Waals surface area contributed by atoms with Crippen molar-refractivity contribution in [3.8, 4) is 45.0 Å². The van der Waals surface area contributed by atoms with Gasteiger partial charge in [0.15, 0.2) is 5.78 Å². The van der Waals surface area contributed by atoms with Gasteiger partial charge in [-0.2, -0.15) is 0 Å². The van der Waals surface area contributed by atoms with E-state index in [1.165, 1.54) is 95.5 Å². The molecule has 22 heteroatoms. The van der Waals surface area contributed by atoms with Crippen LogP contribution in [0.3, 0.4) is 0 Å². The average Bonchev–Trinajstić information content (AvgIpc) is 1.77. The number of carbonyl (C=O) groups is 1. The predicted octanol–water partition coefficient (Wildman–Crippen LogP) is 33.4. The van der Waals surface area contributed by atoms with E-state index in [-0.39, 0.29) is 168 Å². The van der Waals surface area contributed by atoms with Gasteiger partial charge in [0, 0.05) is 130 Å². The average molecular weight is 2680 g/mol. The molecule has 3 unspecified atom stereocenters. The van der Waals surface area contributed by atoms with Gasteiger partial charge in [0.2, 0.25) is 0 Å². The molecule has 141 heavy (non-hydrogen) atoms. The molecule has 0 saturated carbocycles. The summed E-state index contributed by atoms with van der Waals surface area (Å²) in [5, 5.41) is 78.5. The minimum Gasteiger partial charge on any atom is -0.513 e. The first-order valence-corrected chi connectivity index (χ1v) is 47.2. The molecule has 7 N–H and O–H groups in total. The second kappa shape index (κ2) is 57.4. The Hall–Kier alpha value is -10.2. The Balaban J connectivity index is 0.000000556. The Morgan fingerprint density at radius 3 is 0.816 bits per heavy atom. The molecule has 0 aliphatic heterocycles. The molecule has 0 spiro atoms. The number of allylic oxidation sites excluding steroid dienone is 5. The van der Waals surface area contributed by atoms with E-state index in [4.69, 9.17) is 35.3 Å². The molecule has 0 saturated heterocycles. The third-order valence-electron chi connectivity index (χ3n) is 21.3. The number of rotatable bonds is 10. The van der Waals surface area contributed by atoms with E-state index >= 15 is 0 Å². The van der Waals surface area contributed by atoms with E-state index in [1.54, 1.807) is 80.0 Å². The van der Waals surface area contributed by atoms with E-state index < -0.39 is 18.3 Å². The van der Waals surface area contributed by atoms with Crippen LogP contribution in [-0.2, 0) is 107 Å². The Morgan fingerprint density at radius 2 is 0.589 bits per heavy atom. The maximum absolute atomic E-state index is 10.0. The summed E-state index contributed by atoms with van der Waals surface area (Å²) in [6, 6.07) is 91.4. The topological polar surface area (TPSA) is 236 Å². The summed E-state index contributed by atoms with van der Waals surface area (Å²) in [7, 11) is 0. The maximum atomic E-state index is 10.0. The van der Waals surface area contributed by atoms with Gasteiger partial charge in [0.05, 0.1) is 72.8 Å². The number of ketones is 1. The van der Waals surface area contributed by atoms with Crippen LogP contribution < -0.4 is 0 Å². The number of carbonyl (C=O) groups excluding carboxylic acids is 1. The first kappa shape index (κ1) is 127. The number of aliphatic hydroxyl groups is 7. The third kappa shape index (κ3) is 34.0. The molecule has 0 fully saturated rings. The number of pyridine rings is 6. The Kier molecular flexibility index (Phi) is 51.6. The second-order valence-corrected chi connectivity index (χ2v) is 39.9. The molecule has 10 heterocycles. The minimum absolute atomic E-state index is 0. The normalized spacial score (nSPS) is 12.1. The van der Waals surface area contributed by atoms with Gasteiger partial charge in [-0.25, -0.2) is 0 Å². The number of hydrogen-bond acceptors (Lipinski definition) is 18. The number of thiophene rings is 4. The summed E-state index contributed by atoms with van der Waals surface area (Å²) in [6.45, 7) is 39.0. The molecule has 0 aliphatic carbocycles. The fourth-order valence-corrected chi connectivity index (χ4v) is 18.4. The van der Waals surface area contributed by atoms with Crippen LogP contribution in [0.25, 0.3) is 140 Å². The molecule has 4 radical (unpaired) electrons. The molecule has 3 atom stereocenters. The van der Waals surface area contributed by atoms with Crippen LogP contribution in [0.1, 0.15) is 209 Å². The zero-order valence-corrected chi connectivity index (χ0v) is 92.8. The number of benzene rings is 8. The standard InChI is InChI=1S/2C21H18NS.2C20H17N2S.2C11H14O2.C5H10O2.C5H8O2.5CH4.4Ir/c2*1-21(2,3)15-10-8-14(9-11-15)19-17-12-13-23-20(17)16-6-4-5-7-18(16)22-19;2*1-20(2,3)14-8-6-13(7-9-14)17-15-10-12-23-19(15)18-16(22-17)5-4-11-21-18;2*1-8(12)11(9(2)13)10-6-4-3-5-7-10;2*1-4(6)3-5(2)7;;;;;;;;;/h2*4-8,10-13H,1-3H3;2*4-6,8-12H,1-3H3;2*3-8,12-13H,1-2H3;3-4,6-7H,1-2H3;3,6H,1-2H3;5*1H4;;;;/q4*-1;;;;;;;;;;;;;. The Labute approximate surface area is 906 Å². The number of para-hydroxylation sites is 2. The molecule has 18 rings (SSSR count). The Morgan fingerprint density at radius 1 is 0.326 bits per heavy atom. The van der Waals surface area contributed by atoms with Crippen LogP contribution in [0, 0.1) is 24.3 Å². The van der Waals surface area contributed by atoms with Gasteiger partial charge in [0.25, 0.3) is 0 Å². The molecule has 754 valence electrons. The van der Waals surface area contributed by atoms with Gasteiger partial charge in [0.1, 0.15) is 11.0 Å². The van der Waals surface area contributed by atoms with Gasteiger partial charge in [-0.15, -0.1) is 187 Å². The summed E-state index contributed by atoms with van der Waals surface area (Å²) in [5.41, 5.74) is 22.7. The monoisotopic (exact) mass is 2680 g/mol. The van der Waals surface area contributed by atoms with E-state index in [1.807, 2.05) is 109 Å². The maximum Gasteiger partial charge on any atom is 0.155 e. The van der Waals surface area contributed by atoms with Crippen LogP contribution in [0.2, 0.25) is 0 Å². The van der Waals surface area contributed by atoms with Crippen molar-refractivity contribution in [1.29, 1.82) is 0 Å². The van der Waals surface area contributed by atoms with Crippen molar-refractivity contribution in [1.82, 2.24) is 29.9 Å². The van der Waals surface area contributed by atoms with E-state index in [2.05, 4.69) is 272 Å². The van der Waals surface area contributed by atoms with Crippen molar-refractivity contribution in [2.45, 2.75) is 216 Å². The third-order valence-corrected chi connectivity index (χ3v) is 25.1. The molecule has 10 aromatic heterocycles. The van der Waals surface area contributed by atoms with Gasteiger partial charge < -0.3 is 35.7 Å². The molecule has 18 aromatic rings. The van der Waals surface area contributed by atoms with Crippen molar-refractivity contribution in [2.75, 3.05) is 0 Å². The first-order valence-electron chi connectivity index (χ1n) is 43.7. The van der Waals surface area contributed by atoms with E-state index in [9.17, 15) is 25.2 Å². The minimum atomic E-state index is -0.646. The van der Waals surface area contributed by atoms with Crippen LogP contribution in [0.4, 0.5) is 0 Å². The first-order chi connectivity index (χ1) is 62.7. The molecular formula is C119H136Ir4N6O8S4-4. The molecule has 8 aromatic carbocycles. The van der Waals surface area contributed by atoms with Crippen molar-refractivity contribution in [3.63, 3.8) is 0 Å². The molecular weight excluding hydrogens is 2540 g/mol. The summed E-state index contributed by atoms with van der Waals surface area (Å²) >= 11 is 6.99. The molecule has 0 bridgehead atoms. The van der Waals surface area contributed by atoms with Gasteiger partial charge in [-0.3, -0.25) is 34.7 Å². The second-order valence-electron chi connectivity index (χ2n) is 36.3. The van der Waals surface area contributed by atoms with Gasteiger partial charge >= 0.3 is 0 Å². The quantitative estimate of drug-likeness (QED) is 0.0383. The Bertz CT molecular complexity index is 6340. The predicted molar refractivity (Wildman–Crippen MR) is 591 cm³/mol. The van der Waals surface area contributed by atoms with Crippen molar-refractivity contribution in [3.05, 3.63) is 357 Å². The number of aromatic nitrogens is 6. The van der Waals surface area contributed by atoms with Crippen molar-refractivity contribution in [2.24, 2.45) is 0 Å². The molecule has 14 nitrogen and oxygen atoms in total. The zero-order chi connectivity index (χ0) is 95.5. The summed E-state index contributed by atoms with van der Waals surface area (Å²) < 4.78 is 5.00. The van der Waals surface area contributed by atoms with Crippen LogP contribution in [0.5, 0.6) is 0 Å². The van der Waals surface area contributed by atoms with Crippen LogP contribution in [0.15, 0.2) is 300 Å². The van der Waals surface area contributed by atoms with Crippen molar-refractivity contribution >= 4 is 146 Å². The SMILES string of the molecule is C.C.C.C.C.CC(=O)C=C(C)O.CC(C)(C)c1c[c-]c(-c2nc3ccccc3c3sccc23)cc1.CC(C)(C)c1c[c-]c(-c2nc3ccccc3c3sccc23)cc1.CC(C)(C)c1c[c-]c(-c2nc3cccnc3c3sccc23)cc1.CC(C)(C)c1c[c-]c(-c2nc3cccnc3c3sccc23)cc1.CC(O)=C(c1ccccc1)C(C)O.CC(O)=C(c1ccccc1)C(C)O.CC(O)=CC(C)O.[Ir].[Ir].[Ir].[Ir]. The smallest absolute Gasteiger partial charge is 0.155 e. The summed E-state index contributed by atoms with van der Waals surface area (Å²) in [5.74, 6) is 0.435. The van der Waals surface area contributed by atoms with Gasteiger partial charge in [-0.1, -0.05) is 242 Å². The molecule has 0 aliphatic rings. The summed E-state index contributed by atoms with van der Waals surface area (Å²) in [4.78, 5) is 38.5. The van der Waals surface area contributed by atoms with E-state index in [0.717, 1.165) is 100 Å². The summed E-state index contributed by atoms with van der Waals surface area (Å²) in [6.07, 6.45) is 4.35. The fraction of sp³-hybridized carbons (Fsp3) is 0.269. The van der Waals surface area contributed by atoms with Crippen LogP contribution >= 0.6 is 45.3 Å². The zero-order valence-electron chi connectivity index (χ0n) is 80.0. The van der Waals surface area contributed by atoms with Crippen LogP contribution in [-0.4, -0.2) is 89.7 Å². The number of aliphatic hydroxyl groups excluding tert-OH is 7. The van der Waals surface area contributed by atoms with Crippen molar-refractivity contribution < 1.29 is 121 Å². The number of hydrogen-bond donors (Lipinski definition) is 7.